The summed E-state index contributed by atoms with van der Waals surface area (Å²) in [6, 6.07) is 7.91. The molecule has 0 N–H and O–H groups in total. The molecule has 0 aliphatic heterocycles. The van der Waals surface area contributed by atoms with E-state index >= 15 is 0 Å². The fourth-order valence-corrected chi connectivity index (χ4v) is 3.27. The number of nitrogens with zero attached hydrogens (tertiary/aromatic N) is 4. The Kier molecular flexibility index (Phi) is 3.94. The predicted molar refractivity (Wildman–Crippen MR) is 81.6 cm³/mol. The highest BCUT2D eigenvalue weighted by atomic mass is 35.5. The lowest BCUT2D eigenvalue weighted by Gasteiger charge is -2.22. The summed E-state index contributed by atoms with van der Waals surface area (Å²) in [5, 5.41) is 18.3. The molecule has 0 amide bonds. The fraction of sp³-hybridized carbons (Fsp3) is 0.438. The number of benzene rings is 1. The molecule has 1 aliphatic rings. The standard InChI is InChI=1S/C16H17ClN4/c1-11-7-8-13(17)9-15(11)21-16(14(10-18)19-20-21)12-5-3-2-4-6-12/h7-9,12H,2-6H2,1H3. The molecule has 0 bridgehead atoms. The summed E-state index contributed by atoms with van der Waals surface area (Å²) in [6.07, 6.45) is 5.88. The zero-order valence-corrected chi connectivity index (χ0v) is 12.8. The van der Waals surface area contributed by atoms with E-state index in [0.717, 1.165) is 29.8 Å². The van der Waals surface area contributed by atoms with Crippen molar-refractivity contribution in [3.63, 3.8) is 0 Å². The predicted octanol–water partition coefficient (Wildman–Crippen LogP) is 4.15. The van der Waals surface area contributed by atoms with Crippen LogP contribution in [0.15, 0.2) is 18.2 Å². The first-order chi connectivity index (χ1) is 10.2. The molecule has 0 saturated heterocycles. The van der Waals surface area contributed by atoms with Crippen LogP contribution in [0.3, 0.4) is 0 Å². The number of hydrogen-bond donors (Lipinski definition) is 0. The topological polar surface area (TPSA) is 54.5 Å². The van der Waals surface area contributed by atoms with Crippen LogP contribution in [0.2, 0.25) is 5.02 Å². The number of halogens is 1. The van der Waals surface area contributed by atoms with Crippen LogP contribution in [-0.2, 0) is 0 Å². The highest BCUT2D eigenvalue weighted by Crippen LogP contribution is 2.35. The van der Waals surface area contributed by atoms with E-state index in [1.54, 1.807) is 0 Å². The molecule has 1 aromatic carbocycles. The summed E-state index contributed by atoms with van der Waals surface area (Å²) >= 11 is 6.12. The molecule has 21 heavy (non-hydrogen) atoms. The lowest BCUT2D eigenvalue weighted by Crippen LogP contribution is -2.13. The third-order valence-electron chi connectivity index (χ3n) is 4.20. The van der Waals surface area contributed by atoms with Gasteiger partial charge in [0, 0.05) is 10.9 Å². The maximum Gasteiger partial charge on any atom is 0.186 e. The molecule has 0 atom stereocenters. The van der Waals surface area contributed by atoms with Crippen molar-refractivity contribution in [2.24, 2.45) is 0 Å². The molecule has 108 valence electrons. The summed E-state index contributed by atoms with van der Waals surface area (Å²) in [4.78, 5) is 0. The second-order valence-corrected chi connectivity index (χ2v) is 6.05. The van der Waals surface area contributed by atoms with Gasteiger partial charge in [-0.3, -0.25) is 0 Å². The summed E-state index contributed by atoms with van der Waals surface area (Å²) in [7, 11) is 0. The van der Waals surface area contributed by atoms with E-state index in [9.17, 15) is 5.26 Å². The van der Waals surface area contributed by atoms with Gasteiger partial charge in [-0.2, -0.15) is 5.26 Å². The van der Waals surface area contributed by atoms with Crippen molar-refractivity contribution in [1.29, 1.82) is 5.26 Å². The Balaban J connectivity index is 2.12. The van der Waals surface area contributed by atoms with Crippen molar-refractivity contribution in [3.05, 3.63) is 40.2 Å². The smallest absolute Gasteiger partial charge is 0.186 e. The first-order valence-electron chi connectivity index (χ1n) is 7.33. The van der Waals surface area contributed by atoms with E-state index in [1.165, 1.54) is 19.3 Å². The molecule has 1 aliphatic carbocycles. The number of nitriles is 1. The minimum atomic E-state index is 0.363. The van der Waals surface area contributed by atoms with Crippen molar-refractivity contribution < 1.29 is 0 Å². The summed E-state index contributed by atoms with van der Waals surface area (Å²) in [5.41, 5.74) is 3.38. The van der Waals surface area contributed by atoms with Crippen molar-refractivity contribution >= 4 is 11.6 Å². The number of rotatable bonds is 2. The largest absolute Gasteiger partial charge is 0.216 e. The van der Waals surface area contributed by atoms with Crippen LogP contribution in [0.5, 0.6) is 0 Å². The molecular formula is C16H17ClN4. The lowest BCUT2D eigenvalue weighted by atomic mass is 9.86. The van der Waals surface area contributed by atoms with Gasteiger partial charge in [-0.15, -0.1) is 5.10 Å². The Hall–Kier alpha value is -1.86. The second kappa shape index (κ2) is 5.87. The number of aryl methyl sites for hydroxylation is 1. The molecular weight excluding hydrogens is 284 g/mol. The van der Waals surface area contributed by atoms with E-state index in [-0.39, 0.29) is 0 Å². The molecule has 0 unspecified atom stereocenters. The summed E-state index contributed by atoms with van der Waals surface area (Å²) < 4.78 is 1.82. The van der Waals surface area contributed by atoms with Crippen molar-refractivity contribution in [2.75, 3.05) is 0 Å². The van der Waals surface area contributed by atoms with Crippen LogP contribution in [0.25, 0.3) is 5.69 Å². The third kappa shape index (κ3) is 2.66. The minimum Gasteiger partial charge on any atom is -0.216 e. The van der Waals surface area contributed by atoms with E-state index < -0.39 is 0 Å². The summed E-state index contributed by atoms with van der Waals surface area (Å²) in [6.45, 7) is 2.02. The molecule has 0 radical (unpaired) electrons. The molecule has 0 spiro atoms. The van der Waals surface area contributed by atoms with Crippen LogP contribution < -0.4 is 0 Å². The maximum absolute atomic E-state index is 9.34. The van der Waals surface area contributed by atoms with Crippen LogP contribution in [-0.4, -0.2) is 15.0 Å². The SMILES string of the molecule is Cc1ccc(Cl)cc1-n1nnc(C#N)c1C1CCCCC1. The van der Waals surface area contributed by atoms with Gasteiger partial charge in [-0.25, -0.2) is 4.68 Å². The van der Waals surface area contributed by atoms with Gasteiger partial charge in [0.05, 0.1) is 11.4 Å². The number of hydrogen-bond acceptors (Lipinski definition) is 3. The Morgan fingerprint density at radius 3 is 2.76 bits per heavy atom. The minimum absolute atomic E-state index is 0.363. The Labute approximate surface area is 129 Å². The molecule has 1 saturated carbocycles. The third-order valence-corrected chi connectivity index (χ3v) is 4.44. The van der Waals surface area contributed by atoms with Gasteiger partial charge in [0.15, 0.2) is 5.69 Å². The van der Waals surface area contributed by atoms with Crippen LogP contribution in [0.1, 0.15) is 55.0 Å². The zero-order chi connectivity index (χ0) is 14.8. The molecule has 1 aromatic heterocycles. The quantitative estimate of drug-likeness (QED) is 0.837. The zero-order valence-electron chi connectivity index (χ0n) is 12.0. The average Bonchev–Trinajstić information content (AvgIpc) is 2.94. The van der Waals surface area contributed by atoms with E-state index in [4.69, 9.17) is 11.6 Å². The lowest BCUT2D eigenvalue weighted by molar-refractivity contribution is 0.429. The molecule has 4 nitrogen and oxygen atoms in total. The normalized spacial score (nSPS) is 15.9. The Morgan fingerprint density at radius 2 is 2.05 bits per heavy atom. The highest BCUT2D eigenvalue weighted by Gasteiger charge is 2.25. The van der Waals surface area contributed by atoms with Gasteiger partial charge in [0.25, 0.3) is 0 Å². The van der Waals surface area contributed by atoms with E-state index in [0.29, 0.717) is 16.6 Å². The molecule has 5 heteroatoms. The maximum atomic E-state index is 9.34. The van der Waals surface area contributed by atoms with Crippen LogP contribution in [0.4, 0.5) is 0 Å². The van der Waals surface area contributed by atoms with Gasteiger partial charge in [-0.05, 0) is 37.5 Å². The van der Waals surface area contributed by atoms with Crippen molar-refractivity contribution in [2.45, 2.75) is 44.9 Å². The van der Waals surface area contributed by atoms with Crippen LogP contribution in [0, 0.1) is 18.3 Å². The van der Waals surface area contributed by atoms with E-state index in [1.807, 2.05) is 29.8 Å². The molecule has 3 rings (SSSR count). The highest BCUT2D eigenvalue weighted by molar-refractivity contribution is 6.30. The Morgan fingerprint density at radius 1 is 1.29 bits per heavy atom. The molecule has 2 aromatic rings. The van der Waals surface area contributed by atoms with Crippen LogP contribution >= 0.6 is 11.6 Å². The fourth-order valence-electron chi connectivity index (χ4n) is 3.10. The molecule has 1 fully saturated rings. The van der Waals surface area contributed by atoms with Gasteiger partial charge < -0.3 is 0 Å². The average molecular weight is 301 g/mol. The molecule has 1 heterocycles. The Bertz CT molecular complexity index is 693. The van der Waals surface area contributed by atoms with Gasteiger partial charge in [0.1, 0.15) is 6.07 Å². The van der Waals surface area contributed by atoms with Gasteiger partial charge >= 0.3 is 0 Å². The second-order valence-electron chi connectivity index (χ2n) is 5.61. The van der Waals surface area contributed by atoms with Crippen molar-refractivity contribution in [3.8, 4) is 11.8 Å². The van der Waals surface area contributed by atoms with E-state index in [2.05, 4.69) is 16.4 Å². The first-order valence-corrected chi connectivity index (χ1v) is 7.70. The van der Waals surface area contributed by atoms with Crippen molar-refractivity contribution in [1.82, 2.24) is 15.0 Å². The van der Waals surface area contributed by atoms with Gasteiger partial charge in [0.2, 0.25) is 0 Å². The first kappa shape index (κ1) is 14.1. The van der Waals surface area contributed by atoms with Gasteiger partial charge in [-0.1, -0.05) is 42.1 Å². The number of aromatic nitrogens is 3. The monoisotopic (exact) mass is 300 g/mol. The summed E-state index contributed by atoms with van der Waals surface area (Å²) in [5.74, 6) is 0.363.